The lowest BCUT2D eigenvalue weighted by molar-refractivity contribution is 0.222. The van der Waals surface area contributed by atoms with Crippen LogP contribution in [0.15, 0.2) is 65.6 Å². The first-order valence-corrected chi connectivity index (χ1v) is 9.73. The Hall–Kier alpha value is -2.39. The zero-order chi connectivity index (χ0) is 17.8. The third-order valence-electron chi connectivity index (χ3n) is 5.40. The van der Waals surface area contributed by atoms with E-state index in [1.165, 1.54) is 32.4 Å². The summed E-state index contributed by atoms with van der Waals surface area (Å²) >= 11 is 0. The minimum absolute atomic E-state index is 0.124. The molecule has 1 aliphatic heterocycles. The summed E-state index contributed by atoms with van der Waals surface area (Å²) in [7, 11) is 0. The van der Waals surface area contributed by atoms with E-state index in [0.717, 1.165) is 41.4 Å². The molecule has 1 aliphatic rings. The van der Waals surface area contributed by atoms with Crippen molar-refractivity contribution in [3.05, 3.63) is 71.1 Å². The van der Waals surface area contributed by atoms with Gasteiger partial charge in [0, 0.05) is 23.7 Å². The van der Waals surface area contributed by atoms with Crippen LogP contribution in [0.25, 0.3) is 21.9 Å². The van der Waals surface area contributed by atoms with Gasteiger partial charge in [-0.25, -0.2) is 0 Å². The quantitative estimate of drug-likeness (QED) is 0.677. The number of aromatic nitrogens is 1. The molecule has 134 valence electrons. The van der Waals surface area contributed by atoms with Crippen molar-refractivity contribution in [1.29, 1.82) is 0 Å². The van der Waals surface area contributed by atoms with E-state index < -0.39 is 0 Å². The summed E-state index contributed by atoms with van der Waals surface area (Å²) in [6.07, 6.45) is 7.06. The van der Waals surface area contributed by atoms with Gasteiger partial charge in [0.15, 0.2) is 0 Å². The fourth-order valence-electron chi connectivity index (χ4n) is 4.00. The Balaban J connectivity index is 1.64. The van der Waals surface area contributed by atoms with Gasteiger partial charge in [0.05, 0.1) is 0 Å². The highest BCUT2D eigenvalue weighted by atomic mass is 16.1. The van der Waals surface area contributed by atoms with Crippen molar-refractivity contribution in [2.75, 3.05) is 19.6 Å². The second kappa shape index (κ2) is 7.88. The van der Waals surface area contributed by atoms with Gasteiger partial charge in [-0.15, -0.1) is 0 Å². The summed E-state index contributed by atoms with van der Waals surface area (Å²) in [6, 6.07) is 18.3. The molecule has 0 amide bonds. The van der Waals surface area contributed by atoms with Crippen molar-refractivity contribution >= 4 is 10.8 Å². The van der Waals surface area contributed by atoms with Crippen LogP contribution in [0, 0.1) is 0 Å². The SMILES string of the molecule is O=c1c2ccccc2c(-c2ccccc2)cn1CCCN1CCCCC1. The summed E-state index contributed by atoms with van der Waals surface area (Å²) in [4.78, 5) is 15.5. The molecule has 0 spiro atoms. The normalized spacial score (nSPS) is 15.4. The van der Waals surface area contributed by atoms with Crippen LogP contribution in [0.2, 0.25) is 0 Å². The maximum Gasteiger partial charge on any atom is 0.258 e. The van der Waals surface area contributed by atoms with E-state index in [4.69, 9.17) is 0 Å². The lowest BCUT2D eigenvalue weighted by Crippen LogP contribution is -2.31. The van der Waals surface area contributed by atoms with E-state index in [1.807, 2.05) is 28.8 Å². The molecule has 3 nitrogen and oxygen atoms in total. The average molecular weight is 346 g/mol. The van der Waals surface area contributed by atoms with E-state index in [1.54, 1.807) is 0 Å². The fraction of sp³-hybridized carbons (Fsp3) is 0.348. The standard InChI is InChI=1S/C23H26N2O/c26-23-21-13-6-5-12-20(21)22(19-10-3-1-4-11-19)18-25(23)17-9-16-24-14-7-2-8-15-24/h1,3-6,10-13,18H,2,7-9,14-17H2. The third kappa shape index (κ3) is 3.58. The van der Waals surface area contributed by atoms with Crippen LogP contribution >= 0.6 is 0 Å². The fourth-order valence-corrected chi connectivity index (χ4v) is 4.00. The Bertz CT molecular complexity index is 924. The highest BCUT2D eigenvalue weighted by molar-refractivity contribution is 5.95. The Labute approximate surface area is 154 Å². The van der Waals surface area contributed by atoms with Gasteiger partial charge < -0.3 is 9.47 Å². The van der Waals surface area contributed by atoms with Crippen LogP contribution in [-0.4, -0.2) is 29.1 Å². The number of fused-ring (bicyclic) bond motifs is 1. The molecule has 1 aromatic heterocycles. The molecule has 26 heavy (non-hydrogen) atoms. The second-order valence-electron chi connectivity index (χ2n) is 7.21. The molecule has 0 N–H and O–H groups in total. The number of likely N-dealkylation sites (tertiary alicyclic amines) is 1. The molecular weight excluding hydrogens is 320 g/mol. The summed E-state index contributed by atoms with van der Waals surface area (Å²) < 4.78 is 1.91. The van der Waals surface area contributed by atoms with Crippen molar-refractivity contribution in [3.8, 4) is 11.1 Å². The van der Waals surface area contributed by atoms with Gasteiger partial charge in [0.25, 0.3) is 5.56 Å². The molecule has 3 aromatic rings. The molecule has 0 saturated carbocycles. The van der Waals surface area contributed by atoms with Gasteiger partial charge in [0.1, 0.15) is 0 Å². The highest BCUT2D eigenvalue weighted by Gasteiger charge is 2.12. The highest BCUT2D eigenvalue weighted by Crippen LogP contribution is 2.26. The number of hydrogen-bond acceptors (Lipinski definition) is 2. The number of piperidine rings is 1. The van der Waals surface area contributed by atoms with Gasteiger partial charge >= 0.3 is 0 Å². The Kier molecular flexibility index (Phi) is 5.16. The number of rotatable bonds is 5. The average Bonchev–Trinajstić information content (AvgIpc) is 2.71. The molecular formula is C23H26N2O. The van der Waals surface area contributed by atoms with E-state index in [9.17, 15) is 4.79 Å². The van der Waals surface area contributed by atoms with Crippen LogP contribution in [0.5, 0.6) is 0 Å². The van der Waals surface area contributed by atoms with E-state index >= 15 is 0 Å². The molecule has 1 saturated heterocycles. The molecule has 2 aromatic carbocycles. The molecule has 0 aliphatic carbocycles. The van der Waals surface area contributed by atoms with Gasteiger partial charge in [0.2, 0.25) is 0 Å². The van der Waals surface area contributed by atoms with Crippen LogP contribution in [0.1, 0.15) is 25.7 Å². The summed E-state index contributed by atoms with van der Waals surface area (Å²) in [6.45, 7) is 4.28. The van der Waals surface area contributed by atoms with Crippen LogP contribution in [0.3, 0.4) is 0 Å². The second-order valence-corrected chi connectivity index (χ2v) is 7.21. The van der Waals surface area contributed by atoms with E-state index in [2.05, 4.69) is 41.4 Å². The summed E-state index contributed by atoms with van der Waals surface area (Å²) in [5.74, 6) is 0. The number of benzene rings is 2. The zero-order valence-electron chi connectivity index (χ0n) is 15.2. The monoisotopic (exact) mass is 346 g/mol. The molecule has 0 unspecified atom stereocenters. The largest absolute Gasteiger partial charge is 0.314 e. The van der Waals surface area contributed by atoms with E-state index in [-0.39, 0.29) is 5.56 Å². The van der Waals surface area contributed by atoms with Crippen molar-refractivity contribution in [2.45, 2.75) is 32.2 Å². The first-order valence-electron chi connectivity index (χ1n) is 9.73. The maximum atomic E-state index is 12.9. The van der Waals surface area contributed by atoms with E-state index in [0.29, 0.717) is 0 Å². The van der Waals surface area contributed by atoms with Crippen LogP contribution in [0.4, 0.5) is 0 Å². The number of pyridine rings is 1. The number of hydrogen-bond donors (Lipinski definition) is 0. The minimum atomic E-state index is 0.124. The molecule has 1 fully saturated rings. The Morgan fingerprint density at radius 3 is 2.23 bits per heavy atom. The van der Waals surface area contributed by atoms with Crippen molar-refractivity contribution in [3.63, 3.8) is 0 Å². The predicted molar refractivity (Wildman–Crippen MR) is 109 cm³/mol. The molecule has 0 radical (unpaired) electrons. The van der Waals surface area contributed by atoms with Gasteiger partial charge in [-0.3, -0.25) is 4.79 Å². The molecule has 0 atom stereocenters. The smallest absolute Gasteiger partial charge is 0.258 e. The van der Waals surface area contributed by atoms with Gasteiger partial charge in [-0.1, -0.05) is 55.0 Å². The number of nitrogens with zero attached hydrogens (tertiary/aromatic N) is 2. The predicted octanol–water partition coefficient (Wildman–Crippen LogP) is 4.54. The van der Waals surface area contributed by atoms with Crippen molar-refractivity contribution < 1.29 is 0 Å². The molecule has 3 heteroatoms. The zero-order valence-corrected chi connectivity index (χ0v) is 15.2. The minimum Gasteiger partial charge on any atom is -0.314 e. The summed E-state index contributed by atoms with van der Waals surface area (Å²) in [5, 5.41) is 1.85. The first kappa shape index (κ1) is 17.0. The van der Waals surface area contributed by atoms with Crippen molar-refractivity contribution in [1.82, 2.24) is 9.47 Å². The lowest BCUT2D eigenvalue weighted by atomic mass is 10.0. The van der Waals surface area contributed by atoms with Crippen LogP contribution in [-0.2, 0) is 6.54 Å². The first-order chi connectivity index (χ1) is 12.8. The topological polar surface area (TPSA) is 25.2 Å². The maximum absolute atomic E-state index is 12.9. The Morgan fingerprint density at radius 2 is 1.46 bits per heavy atom. The van der Waals surface area contributed by atoms with Crippen molar-refractivity contribution in [2.24, 2.45) is 0 Å². The molecule has 2 heterocycles. The van der Waals surface area contributed by atoms with Crippen LogP contribution < -0.4 is 5.56 Å². The Morgan fingerprint density at radius 1 is 0.769 bits per heavy atom. The molecule has 0 bridgehead atoms. The lowest BCUT2D eigenvalue weighted by Gasteiger charge is -2.26. The summed E-state index contributed by atoms with van der Waals surface area (Å²) in [5.41, 5.74) is 2.42. The van der Waals surface area contributed by atoms with Gasteiger partial charge in [-0.05, 0) is 55.9 Å². The molecule has 4 rings (SSSR count). The third-order valence-corrected chi connectivity index (χ3v) is 5.40. The number of aryl methyl sites for hydroxylation is 1. The van der Waals surface area contributed by atoms with Gasteiger partial charge in [-0.2, -0.15) is 0 Å².